The molecule has 0 radical (unpaired) electrons. The topological polar surface area (TPSA) is 70.4 Å². The Labute approximate surface area is 211 Å². The summed E-state index contributed by atoms with van der Waals surface area (Å²) in [6.07, 6.45) is 1.46. The number of hydrogen-bond donors (Lipinski definition) is 1. The predicted molar refractivity (Wildman–Crippen MR) is 136 cm³/mol. The molecule has 0 bridgehead atoms. The van der Waals surface area contributed by atoms with E-state index >= 15 is 0 Å². The SMILES string of the molecule is COc1ccc([C@H]2Oc3ccccc3C3=C2[C@H](c2ccc(F)cc2)n2nc(SC)nc2N3)cc1OC. The van der Waals surface area contributed by atoms with E-state index < -0.39 is 6.10 Å². The van der Waals surface area contributed by atoms with Crippen molar-refractivity contribution in [2.75, 3.05) is 25.8 Å². The molecule has 0 aliphatic carbocycles. The van der Waals surface area contributed by atoms with Gasteiger partial charge in [0.05, 0.1) is 19.9 Å². The summed E-state index contributed by atoms with van der Waals surface area (Å²) in [5.74, 6) is 2.31. The molecule has 182 valence electrons. The number of nitrogens with one attached hydrogen (secondary N) is 1. The van der Waals surface area contributed by atoms with Crippen molar-refractivity contribution in [2.45, 2.75) is 17.3 Å². The minimum Gasteiger partial charge on any atom is -0.493 e. The Hall–Kier alpha value is -3.98. The van der Waals surface area contributed by atoms with Crippen molar-refractivity contribution in [1.82, 2.24) is 14.8 Å². The second-order valence-corrected chi connectivity index (χ2v) is 9.16. The van der Waals surface area contributed by atoms with Gasteiger partial charge in [0.1, 0.15) is 23.7 Å². The average Bonchev–Trinajstić information content (AvgIpc) is 3.34. The van der Waals surface area contributed by atoms with Gasteiger partial charge in [-0.05, 0) is 48.2 Å². The van der Waals surface area contributed by atoms with Crippen LogP contribution in [0.2, 0.25) is 0 Å². The second-order valence-electron chi connectivity index (χ2n) is 8.38. The molecule has 1 aromatic heterocycles. The first-order chi connectivity index (χ1) is 17.6. The van der Waals surface area contributed by atoms with Gasteiger partial charge in [-0.15, -0.1) is 5.10 Å². The number of benzene rings is 3. The molecule has 3 heterocycles. The van der Waals surface area contributed by atoms with Crippen LogP contribution in [0.1, 0.15) is 28.8 Å². The number of nitrogens with zero attached hydrogens (tertiary/aromatic N) is 3. The number of halogens is 1. The maximum atomic E-state index is 13.9. The molecule has 2 aliphatic heterocycles. The monoisotopic (exact) mass is 502 g/mol. The molecule has 0 amide bonds. The van der Waals surface area contributed by atoms with Gasteiger partial charge in [0, 0.05) is 16.7 Å². The third-order valence-corrected chi connectivity index (χ3v) is 6.98. The maximum Gasteiger partial charge on any atom is 0.227 e. The van der Waals surface area contributed by atoms with Crippen LogP contribution in [0.3, 0.4) is 0 Å². The number of methoxy groups -OCH3 is 2. The number of para-hydroxylation sites is 1. The molecule has 3 aromatic carbocycles. The molecule has 0 saturated heterocycles. The van der Waals surface area contributed by atoms with Gasteiger partial charge in [-0.25, -0.2) is 9.07 Å². The highest BCUT2D eigenvalue weighted by Gasteiger charge is 2.41. The van der Waals surface area contributed by atoms with Gasteiger partial charge in [0.25, 0.3) is 0 Å². The molecule has 9 heteroatoms. The molecule has 4 aromatic rings. The van der Waals surface area contributed by atoms with E-state index in [1.165, 1.54) is 23.9 Å². The molecule has 7 nitrogen and oxygen atoms in total. The lowest BCUT2D eigenvalue weighted by Crippen LogP contribution is -2.32. The van der Waals surface area contributed by atoms with Gasteiger partial charge >= 0.3 is 0 Å². The zero-order valence-corrected chi connectivity index (χ0v) is 20.7. The Kier molecular flexibility index (Phi) is 5.56. The number of ether oxygens (including phenoxy) is 3. The van der Waals surface area contributed by atoms with E-state index in [1.54, 1.807) is 26.4 Å². The maximum absolute atomic E-state index is 13.9. The summed E-state index contributed by atoms with van der Waals surface area (Å²) in [5.41, 5.74) is 4.53. The van der Waals surface area contributed by atoms with Crippen LogP contribution in [0.25, 0.3) is 5.70 Å². The van der Waals surface area contributed by atoms with Crippen LogP contribution in [-0.2, 0) is 0 Å². The van der Waals surface area contributed by atoms with Crippen LogP contribution in [0.5, 0.6) is 17.2 Å². The van der Waals surface area contributed by atoms with E-state index in [1.807, 2.05) is 53.4 Å². The summed E-state index contributed by atoms with van der Waals surface area (Å²) in [5, 5.41) is 8.92. The van der Waals surface area contributed by atoms with Crippen LogP contribution in [0, 0.1) is 5.82 Å². The first kappa shape index (κ1) is 22.5. The van der Waals surface area contributed by atoms with Crippen molar-refractivity contribution in [3.63, 3.8) is 0 Å². The number of hydrogen-bond acceptors (Lipinski definition) is 7. The van der Waals surface area contributed by atoms with Crippen LogP contribution in [0.4, 0.5) is 10.3 Å². The van der Waals surface area contributed by atoms with Crippen molar-refractivity contribution in [2.24, 2.45) is 0 Å². The minimum atomic E-state index is -0.479. The van der Waals surface area contributed by atoms with Gasteiger partial charge in [-0.2, -0.15) is 4.98 Å². The Bertz CT molecular complexity index is 1480. The fourth-order valence-electron chi connectivity index (χ4n) is 4.80. The lowest BCUT2D eigenvalue weighted by Gasteiger charge is -2.39. The van der Waals surface area contributed by atoms with E-state index in [0.717, 1.165) is 33.7 Å². The molecule has 1 N–H and O–H groups in total. The fourth-order valence-corrected chi connectivity index (χ4v) is 5.15. The van der Waals surface area contributed by atoms with Gasteiger partial charge in [0.15, 0.2) is 11.5 Å². The Morgan fingerprint density at radius 3 is 2.47 bits per heavy atom. The van der Waals surface area contributed by atoms with E-state index in [-0.39, 0.29) is 11.9 Å². The number of rotatable bonds is 5. The Morgan fingerprint density at radius 2 is 1.72 bits per heavy atom. The minimum absolute atomic E-state index is 0.299. The van der Waals surface area contributed by atoms with Crippen molar-refractivity contribution >= 4 is 23.4 Å². The Balaban J connectivity index is 1.61. The standard InChI is InChI=1S/C27H23FN4O3S/c1-33-20-13-10-16(14-21(20)34-2)25-22-23(18-6-4-5-7-19(18)35-25)29-26-30-27(36-3)31-32(26)24(22)15-8-11-17(28)12-9-15/h4-14,24-25H,1-3H3,(H,29,30,31)/t24-,25+/m0/s1. The molecular weight excluding hydrogens is 479 g/mol. The van der Waals surface area contributed by atoms with E-state index in [9.17, 15) is 4.39 Å². The number of thioether (sulfide) groups is 1. The first-order valence-electron chi connectivity index (χ1n) is 11.4. The molecule has 6 rings (SSSR count). The molecule has 0 fully saturated rings. The van der Waals surface area contributed by atoms with Crippen molar-refractivity contribution in [1.29, 1.82) is 0 Å². The van der Waals surface area contributed by atoms with Crippen LogP contribution < -0.4 is 19.5 Å². The number of fused-ring (bicyclic) bond motifs is 3. The van der Waals surface area contributed by atoms with Crippen LogP contribution in [0.15, 0.2) is 77.5 Å². The third-order valence-electron chi connectivity index (χ3n) is 6.44. The zero-order chi connectivity index (χ0) is 24.8. The first-order valence-corrected chi connectivity index (χ1v) is 12.6. The molecule has 0 spiro atoms. The van der Waals surface area contributed by atoms with E-state index in [4.69, 9.17) is 24.3 Å². The van der Waals surface area contributed by atoms with E-state index in [0.29, 0.717) is 22.6 Å². The highest BCUT2D eigenvalue weighted by Crippen LogP contribution is 2.51. The summed E-state index contributed by atoms with van der Waals surface area (Å²) in [6.45, 7) is 0. The molecule has 0 saturated carbocycles. The lowest BCUT2D eigenvalue weighted by molar-refractivity contribution is 0.222. The molecule has 2 aliphatic rings. The van der Waals surface area contributed by atoms with Gasteiger partial charge < -0.3 is 19.5 Å². The fraction of sp³-hybridized carbons (Fsp3) is 0.185. The van der Waals surface area contributed by atoms with Gasteiger partial charge in [0.2, 0.25) is 11.1 Å². The van der Waals surface area contributed by atoms with Crippen molar-refractivity contribution in [3.05, 3.63) is 94.8 Å². The molecular formula is C27H23FN4O3S. The quantitative estimate of drug-likeness (QED) is 0.350. The van der Waals surface area contributed by atoms with Gasteiger partial charge in [-0.1, -0.05) is 42.1 Å². The summed E-state index contributed by atoms with van der Waals surface area (Å²) in [6, 6.07) is 19.8. The van der Waals surface area contributed by atoms with E-state index in [2.05, 4.69) is 5.32 Å². The summed E-state index contributed by atoms with van der Waals surface area (Å²) in [4.78, 5) is 4.69. The van der Waals surface area contributed by atoms with Crippen LogP contribution in [-0.4, -0.2) is 35.2 Å². The van der Waals surface area contributed by atoms with Crippen LogP contribution >= 0.6 is 11.8 Å². The normalized spacial score (nSPS) is 17.9. The molecule has 36 heavy (non-hydrogen) atoms. The summed E-state index contributed by atoms with van der Waals surface area (Å²) in [7, 11) is 3.22. The smallest absolute Gasteiger partial charge is 0.227 e. The molecule has 2 atom stereocenters. The summed E-state index contributed by atoms with van der Waals surface area (Å²) < 4.78 is 33.5. The second kappa shape index (κ2) is 8.91. The highest BCUT2D eigenvalue weighted by molar-refractivity contribution is 7.98. The van der Waals surface area contributed by atoms with Crippen molar-refractivity contribution in [3.8, 4) is 17.2 Å². The van der Waals surface area contributed by atoms with Gasteiger partial charge in [-0.3, -0.25) is 0 Å². The largest absolute Gasteiger partial charge is 0.493 e. The Morgan fingerprint density at radius 1 is 0.972 bits per heavy atom. The number of aromatic nitrogens is 3. The average molecular weight is 503 g/mol. The highest BCUT2D eigenvalue weighted by atomic mass is 32.2. The zero-order valence-electron chi connectivity index (χ0n) is 19.9. The predicted octanol–water partition coefficient (Wildman–Crippen LogP) is 5.72. The van der Waals surface area contributed by atoms with Crippen molar-refractivity contribution < 1.29 is 18.6 Å². The number of anilines is 1. The third kappa shape index (κ3) is 3.58. The summed E-state index contributed by atoms with van der Waals surface area (Å²) >= 11 is 1.46. The molecule has 0 unspecified atom stereocenters. The lowest BCUT2D eigenvalue weighted by atomic mass is 9.84.